The maximum absolute atomic E-state index is 12.7. The van der Waals surface area contributed by atoms with Crippen molar-refractivity contribution in [1.82, 2.24) is 15.5 Å². The number of hydrogen-bond donors (Lipinski definition) is 2. The quantitative estimate of drug-likeness (QED) is 0.659. The number of nitrogens with one attached hydrogen (secondary N) is 2. The Kier molecular flexibility index (Phi) is 8.32. The summed E-state index contributed by atoms with van der Waals surface area (Å²) in [4.78, 5) is 30.0. The molecule has 1 fully saturated rings. The van der Waals surface area contributed by atoms with Crippen LogP contribution in [0.25, 0.3) is 0 Å². The Labute approximate surface area is 189 Å². The molecule has 2 aromatic rings. The van der Waals surface area contributed by atoms with Crippen molar-refractivity contribution in [2.24, 2.45) is 5.92 Å². The van der Waals surface area contributed by atoms with Crippen LogP contribution in [0, 0.1) is 5.92 Å². The van der Waals surface area contributed by atoms with E-state index in [1.54, 1.807) is 24.3 Å². The van der Waals surface area contributed by atoms with E-state index in [4.69, 9.17) is 11.6 Å². The largest absolute Gasteiger partial charge is 0.369 e. The maximum Gasteiger partial charge on any atom is 0.251 e. The summed E-state index contributed by atoms with van der Waals surface area (Å²) < 4.78 is 0. The molecule has 0 saturated carbocycles. The van der Waals surface area contributed by atoms with Crippen molar-refractivity contribution in [3.05, 3.63) is 65.2 Å². The number of amides is 2. The SMILES string of the molecule is CC(C)[C@H](NC(=O)c1ccc(Cl)cc1)C(=O)NCCN1CCN(c2ccccc2)CC1. The van der Waals surface area contributed by atoms with Crippen molar-refractivity contribution < 1.29 is 9.59 Å². The van der Waals surface area contributed by atoms with E-state index in [2.05, 4.69) is 44.7 Å². The molecular weight excluding hydrogens is 412 g/mol. The number of piperazine rings is 1. The predicted molar refractivity (Wildman–Crippen MR) is 126 cm³/mol. The van der Waals surface area contributed by atoms with Gasteiger partial charge < -0.3 is 15.5 Å². The zero-order valence-electron chi connectivity index (χ0n) is 18.2. The van der Waals surface area contributed by atoms with Gasteiger partial charge in [-0.1, -0.05) is 43.6 Å². The molecule has 3 rings (SSSR count). The summed E-state index contributed by atoms with van der Waals surface area (Å²) in [5.74, 6) is -0.451. The molecule has 1 aliphatic rings. The topological polar surface area (TPSA) is 64.7 Å². The molecule has 0 aromatic heterocycles. The van der Waals surface area contributed by atoms with Crippen molar-refractivity contribution in [3.63, 3.8) is 0 Å². The fraction of sp³-hybridized carbons (Fsp3) is 0.417. The van der Waals surface area contributed by atoms with Crippen LogP contribution < -0.4 is 15.5 Å². The van der Waals surface area contributed by atoms with Crippen LogP contribution in [0.2, 0.25) is 5.02 Å². The Bertz CT molecular complexity index is 850. The third kappa shape index (κ3) is 6.71. The number of anilines is 1. The molecule has 1 atom stereocenters. The summed E-state index contributed by atoms with van der Waals surface area (Å²) in [6, 6.07) is 16.5. The zero-order valence-corrected chi connectivity index (χ0v) is 18.9. The van der Waals surface area contributed by atoms with Crippen LogP contribution in [0.1, 0.15) is 24.2 Å². The van der Waals surface area contributed by atoms with Gasteiger partial charge in [0.1, 0.15) is 6.04 Å². The first kappa shape index (κ1) is 23.1. The Morgan fingerprint density at radius 1 is 0.968 bits per heavy atom. The van der Waals surface area contributed by atoms with E-state index in [1.807, 2.05) is 19.9 Å². The minimum absolute atomic E-state index is 0.0225. The number of benzene rings is 2. The van der Waals surface area contributed by atoms with E-state index in [1.165, 1.54) is 5.69 Å². The third-order valence-corrected chi connectivity index (χ3v) is 5.82. The summed E-state index contributed by atoms with van der Waals surface area (Å²) in [6.45, 7) is 9.09. The lowest BCUT2D eigenvalue weighted by molar-refractivity contribution is -0.124. The summed E-state index contributed by atoms with van der Waals surface area (Å²) in [7, 11) is 0. The molecule has 0 spiro atoms. The molecule has 0 unspecified atom stereocenters. The van der Waals surface area contributed by atoms with Gasteiger partial charge in [-0.25, -0.2) is 0 Å². The van der Waals surface area contributed by atoms with Gasteiger partial charge in [0.15, 0.2) is 0 Å². The van der Waals surface area contributed by atoms with E-state index in [0.717, 1.165) is 32.7 Å². The van der Waals surface area contributed by atoms with Crippen molar-refractivity contribution in [2.45, 2.75) is 19.9 Å². The fourth-order valence-corrected chi connectivity index (χ4v) is 3.80. The molecule has 0 aliphatic carbocycles. The van der Waals surface area contributed by atoms with Crippen molar-refractivity contribution in [1.29, 1.82) is 0 Å². The summed E-state index contributed by atoms with van der Waals surface area (Å²) in [6.07, 6.45) is 0. The minimum atomic E-state index is -0.585. The summed E-state index contributed by atoms with van der Waals surface area (Å²) in [5, 5.41) is 6.41. The molecule has 2 N–H and O–H groups in total. The molecule has 7 heteroatoms. The number of rotatable bonds is 8. The standard InChI is InChI=1S/C24H31ClN4O2/c1-18(2)22(27-23(30)19-8-10-20(25)11-9-19)24(31)26-12-13-28-14-16-29(17-15-28)21-6-4-3-5-7-21/h3-11,18,22H,12-17H2,1-2H3,(H,26,31)(H,27,30)/t22-/m0/s1. The highest BCUT2D eigenvalue weighted by molar-refractivity contribution is 6.30. The van der Waals surface area contributed by atoms with Crippen molar-refractivity contribution in [3.8, 4) is 0 Å². The van der Waals surface area contributed by atoms with Gasteiger partial charge >= 0.3 is 0 Å². The highest BCUT2D eigenvalue weighted by Crippen LogP contribution is 2.15. The van der Waals surface area contributed by atoms with E-state index >= 15 is 0 Å². The second kappa shape index (κ2) is 11.2. The van der Waals surface area contributed by atoms with Gasteiger partial charge in [0.2, 0.25) is 5.91 Å². The lowest BCUT2D eigenvalue weighted by Crippen LogP contribution is -2.52. The van der Waals surface area contributed by atoms with Gasteiger partial charge in [-0.2, -0.15) is 0 Å². The first-order chi connectivity index (χ1) is 14.9. The zero-order chi connectivity index (χ0) is 22.2. The number of hydrogen-bond acceptors (Lipinski definition) is 4. The fourth-order valence-electron chi connectivity index (χ4n) is 3.68. The van der Waals surface area contributed by atoms with E-state index in [9.17, 15) is 9.59 Å². The summed E-state index contributed by atoms with van der Waals surface area (Å²) in [5.41, 5.74) is 1.74. The molecule has 1 saturated heterocycles. The first-order valence-electron chi connectivity index (χ1n) is 10.8. The number of halogens is 1. The Hall–Kier alpha value is -2.57. The molecule has 0 radical (unpaired) electrons. The lowest BCUT2D eigenvalue weighted by atomic mass is 10.0. The van der Waals surface area contributed by atoms with Crippen LogP contribution in [0.15, 0.2) is 54.6 Å². The van der Waals surface area contributed by atoms with Gasteiger partial charge in [0, 0.05) is 55.5 Å². The molecular formula is C24H31ClN4O2. The number of carbonyl (C=O) groups excluding carboxylic acids is 2. The second-order valence-corrected chi connectivity index (χ2v) is 8.59. The average molecular weight is 443 g/mol. The molecule has 0 bridgehead atoms. The maximum atomic E-state index is 12.7. The third-order valence-electron chi connectivity index (χ3n) is 5.56. The minimum Gasteiger partial charge on any atom is -0.369 e. The van der Waals surface area contributed by atoms with Crippen LogP contribution in [-0.2, 0) is 4.79 Å². The highest BCUT2D eigenvalue weighted by Gasteiger charge is 2.25. The predicted octanol–water partition coefficient (Wildman–Crippen LogP) is 3.03. The molecule has 166 valence electrons. The number of carbonyl (C=O) groups is 2. The van der Waals surface area contributed by atoms with Crippen LogP contribution in [0.5, 0.6) is 0 Å². The summed E-state index contributed by atoms with van der Waals surface area (Å²) >= 11 is 5.88. The molecule has 6 nitrogen and oxygen atoms in total. The number of nitrogens with zero attached hydrogens (tertiary/aromatic N) is 2. The van der Waals surface area contributed by atoms with E-state index in [-0.39, 0.29) is 17.7 Å². The Morgan fingerprint density at radius 2 is 1.61 bits per heavy atom. The highest BCUT2D eigenvalue weighted by atomic mass is 35.5. The average Bonchev–Trinajstić information content (AvgIpc) is 2.78. The van der Waals surface area contributed by atoms with Gasteiger partial charge in [-0.05, 0) is 42.3 Å². The van der Waals surface area contributed by atoms with Gasteiger partial charge in [-0.15, -0.1) is 0 Å². The van der Waals surface area contributed by atoms with Gasteiger partial charge in [-0.3, -0.25) is 14.5 Å². The first-order valence-corrected chi connectivity index (χ1v) is 11.2. The number of para-hydroxylation sites is 1. The van der Waals surface area contributed by atoms with Crippen molar-refractivity contribution in [2.75, 3.05) is 44.2 Å². The smallest absolute Gasteiger partial charge is 0.251 e. The molecule has 31 heavy (non-hydrogen) atoms. The van der Waals surface area contributed by atoms with Crippen LogP contribution in [0.4, 0.5) is 5.69 Å². The normalized spacial score (nSPS) is 15.5. The van der Waals surface area contributed by atoms with E-state index < -0.39 is 6.04 Å². The molecule has 2 amide bonds. The van der Waals surface area contributed by atoms with Gasteiger partial charge in [0.05, 0.1) is 0 Å². The van der Waals surface area contributed by atoms with Crippen LogP contribution in [0.3, 0.4) is 0 Å². The van der Waals surface area contributed by atoms with Crippen LogP contribution >= 0.6 is 11.6 Å². The lowest BCUT2D eigenvalue weighted by Gasteiger charge is -2.36. The second-order valence-electron chi connectivity index (χ2n) is 8.16. The Morgan fingerprint density at radius 3 is 2.23 bits per heavy atom. The molecule has 1 heterocycles. The van der Waals surface area contributed by atoms with Crippen molar-refractivity contribution >= 4 is 29.1 Å². The monoisotopic (exact) mass is 442 g/mol. The van der Waals surface area contributed by atoms with Crippen LogP contribution in [-0.4, -0.2) is 62.0 Å². The van der Waals surface area contributed by atoms with Gasteiger partial charge in [0.25, 0.3) is 5.91 Å². The molecule has 2 aromatic carbocycles. The Balaban J connectivity index is 1.43. The van der Waals surface area contributed by atoms with E-state index in [0.29, 0.717) is 17.1 Å². The molecule has 1 aliphatic heterocycles.